The first-order valence-corrected chi connectivity index (χ1v) is 4.40. The lowest BCUT2D eigenvalue weighted by Gasteiger charge is -2.28. The topological polar surface area (TPSA) is 0 Å². The Hall–Kier alpha value is -0.730. The molecule has 1 rings (SSSR count). The maximum absolute atomic E-state index is 12.6. The molecule has 1 aliphatic carbocycles. The third-order valence-electron chi connectivity index (χ3n) is 2.41. The van der Waals surface area contributed by atoms with Gasteiger partial charge in [-0.25, -0.2) is 0 Å². The highest BCUT2D eigenvalue weighted by Gasteiger charge is 2.44. The molecule has 0 N–H and O–H groups in total. The molecule has 2 unspecified atom stereocenters. The van der Waals surface area contributed by atoms with Crippen LogP contribution < -0.4 is 0 Å². The minimum absolute atomic E-state index is 0.431. The van der Waals surface area contributed by atoms with Gasteiger partial charge in [-0.2, -0.15) is 13.2 Å². The zero-order chi connectivity index (χ0) is 10.1. The molecule has 0 fully saturated rings. The van der Waals surface area contributed by atoms with Crippen molar-refractivity contribution in [1.82, 2.24) is 0 Å². The minimum Gasteiger partial charge on any atom is -0.170 e. The van der Waals surface area contributed by atoms with Crippen molar-refractivity contribution in [2.24, 2.45) is 11.8 Å². The van der Waals surface area contributed by atoms with Gasteiger partial charge in [0.1, 0.15) is 0 Å². The third-order valence-corrected chi connectivity index (χ3v) is 2.41. The molecule has 0 aromatic heterocycles. The van der Waals surface area contributed by atoms with E-state index in [2.05, 4.69) is 0 Å². The second-order valence-corrected chi connectivity index (χ2v) is 3.36. The van der Waals surface area contributed by atoms with Crippen LogP contribution in [0.4, 0.5) is 13.2 Å². The summed E-state index contributed by atoms with van der Waals surface area (Å²) < 4.78 is 37.7. The smallest absolute Gasteiger partial charge is 0.170 e. The van der Waals surface area contributed by atoms with E-state index in [9.17, 15) is 13.2 Å². The Balaban J connectivity index is 2.93. The van der Waals surface area contributed by atoms with Crippen molar-refractivity contribution in [2.75, 3.05) is 0 Å². The summed E-state index contributed by atoms with van der Waals surface area (Å²) in [6.45, 7) is 3.37. The van der Waals surface area contributed by atoms with E-state index in [1.165, 1.54) is 0 Å². The van der Waals surface area contributed by atoms with Gasteiger partial charge in [0.05, 0.1) is 5.92 Å². The van der Waals surface area contributed by atoms with Crippen LogP contribution in [0.2, 0.25) is 0 Å². The molecule has 74 valence electrons. The summed E-state index contributed by atoms with van der Waals surface area (Å²) in [6, 6.07) is 0. The summed E-state index contributed by atoms with van der Waals surface area (Å²) in [5.41, 5.74) is 0.488. The highest BCUT2D eigenvalue weighted by atomic mass is 19.4. The van der Waals surface area contributed by atoms with Gasteiger partial charge in [0.2, 0.25) is 0 Å². The van der Waals surface area contributed by atoms with E-state index in [1.807, 2.05) is 0 Å². The van der Waals surface area contributed by atoms with Crippen LogP contribution in [0.25, 0.3) is 0 Å². The van der Waals surface area contributed by atoms with E-state index < -0.39 is 18.0 Å². The van der Waals surface area contributed by atoms with Crippen LogP contribution in [0.3, 0.4) is 0 Å². The molecule has 0 aromatic rings. The summed E-state index contributed by atoms with van der Waals surface area (Å²) in [5.74, 6) is -1.71. The molecule has 2 atom stereocenters. The number of allylic oxidation sites excluding steroid dienone is 4. The van der Waals surface area contributed by atoms with Gasteiger partial charge in [-0.1, -0.05) is 37.6 Å². The summed E-state index contributed by atoms with van der Waals surface area (Å²) in [7, 11) is 0. The highest BCUT2D eigenvalue weighted by Crippen LogP contribution is 2.40. The fraction of sp³-hybridized carbons (Fsp3) is 0.600. The van der Waals surface area contributed by atoms with Crippen molar-refractivity contribution in [1.29, 1.82) is 0 Å². The second kappa shape index (κ2) is 3.56. The van der Waals surface area contributed by atoms with E-state index in [0.29, 0.717) is 12.0 Å². The fourth-order valence-corrected chi connectivity index (χ4v) is 1.75. The summed E-state index contributed by atoms with van der Waals surface area (Å²) in [4.78, 5) is 0. The van der Waals surface area contributed by atoms with Crippen molar-refractivity contribution in [3.8, 4) is 0 Å². The fourth-order valence-electron chi connectivity index (χ4n) is 1.75. The van der Waals surface area contributed by atoms with Gasteiger partial charge in [-0.3, -0.25) is 0 Å². The van der Waals surface area contributed by atoms with Crippen molar-refractivity contribution >= 4 is 0 Å². The molecule has 0 aromatic carbocycles. The molecular formula is C10H13F3. The zero-order valence-electron chi connectivity index (χ0n) is 7.73. The van der Waals surface area contributed by atoms with E-state index in [0.717, 1.165) is 0 Å². The lowest BCUT2D eigenvalue weighted by molar-refractivity contribution is -0.172. The van der Waals surface area contributed by atoms with Gasteiger partial charge in [0.15, 0.2) is 0 Å². The lowest BCUT2D eigenvalue weighted by atomic mass is 9.81. The van der Waals surface area contributed by atoms with Crippen LogP contribution in [-0.2, 0) is 0 Å². The standard InChI is InChI=1S/C10H13F3/c1-3-8-6-4-5-7(2)9(8)10(11,12)13/h4-7,9H,3H2,1-2H3. The molecule has 0 spiro atoms. The number of hydrogen-bond acceptors (Lipinski definition) is 0. The van der Waals surface area contributed by atoms with Crippen LogP contribution in [-0.4, -0.2) is 6.18 Å². The first-order valence-electron chi connectivity index (χ1n) is 4.40. The third kappa shape index (κ3) is 2.14. The normalized spacial score (nSPS) is 28.8. The molecule has 0 saturated heterocycles. The highest BCUT2D eigenvalue weighted by molar-refractivity contribution is 5.24. The van der Waals surface area contributed by atoms with Gasteiger partial charge in [-0.15, -0.1) is 0 Å². The largest absolute Gasteiger partial charge is 0.395 e. The Morgan fingerprint density at radius 2 is 2.00 bits per heavy atom. The lowest BCUT2D eigenvalue weighted by Crippen LogP contribution is -2.30. The van der Waals surface area contributed by atoms with Gasteiger partial charge in [0, 0.05) is 0 Å². The Labute approximate surface area is 76.1 Å². The van der Waals surface area contributed by atoms with Crippen LogP contribution >= 0.6 is 0 Å². The Kier molecular flexibility index (Phi) is 2.84. The van der Waals surface area contributed by atoms with Crippen LogP contribution in [0.15, 0.2) is 23.8 Å². The average molecular weight is 190 g/mol. The predicted octanol–water partition coefficient (Wildman–Crippen LogP) is 3.71. The average Bonchev–Trinajstić information content (AvgIpc) is 2.01. The summed E-state index contributed by atoms with van der Waals surface area (Å²) in [6.07, 6.45) is 1.27. The van der Waals surface area contributed by atoms with Gasteiger partial charge < -0.3 is 0 Å². The number of hydrogen-bond donors (Lipinski definition) is 0. The molecule has 0 saturated carbocycles. The molecule has 0 aliphatic heterocycles. The monoisotopic (exact) mass is 190 g/mol. The van der Waals surface area contributed by atoms with Crippen molar-refractivity contribution < 1.29 is 13.2 Å². The van der Waals surface area contributed by atoms with E-state index in [4.69, 9.17) is 0 Å². The van der Waals surface area contributed by atoms with Crippen molar-refractivity contribution in [3.63, 3.8) is 0 Å². The SMILES string of the molecule is CCC1=CC=CC(C)C1C(F)(F)F. The van der Waals surface area contributed by atoms with Gasteiger partial charge >= 0.3 is 6.18 Å². The van der Waals surface area contributed by atoms with Crippen molar-refractivity contribution in [2.45, 2.75) is 26.4 Å². The van der Waals surface area contributed by atoms with E-state index in [-0.39, 0.29) is 0 Å². The molecule has 13 heavy (non-hydrogen) atoms. The zero-order valence-corrected chi connectivity index (χ0v) is 7.73. The first-order chi connectivity index (χ1) is 5.96. The quantitative estimate of drug-likeness (QED) is 0.591. The summed E-state index contributed by atoms with van der Waals surface area (Å²) in [5, 5.41) is 0. The van der Waals surface area contributed by atoms with Crippen molar-refractivity contribution in [3.05, 3.63) is 23.8 Å². The van der Waals surface area contributed by atoms with Gasteiger partial charge in [-0.05, 0) is 12.3 Å². The maximum Gasteiger partial charge on any atom is 0.395 e. The Morgan fingerprint density at radius 3 is 2.38 bits per heavy atom. The molecule has 0 amide bonds. The number of rotatable bonds is 1. The van der Waals surface area contributed by atoms with E-state index in [1.54, 1.807) is 32.1 Å². The van der Waals surface area contributed by atoms with Crippen LogP contribution in [0, 0.1) is 11.8 Å². The second-order valence-electron chi connectivity index (χ2n) is 3.36. The first kappa shape index (κ1) is 10.4. The molecule has 3 heteroatoms. The number of alkyl halides is 3. The molecule has 0 bridgehead atoms. The molecule has 1 aliphatic rings. The maximum atomic E-state index is 12.6. The predicted molar refractivity (Wildman–Crippen MR) is 46.2 cm³/mol. The van der Waals surface area contributed by atoms with Crippen LogP contribution in [0.5, 0.6) is 0 Å². The Bertz CT molecular complexity index is 235. The van der Waals surface area contributed by atoms with Gasteiger partial charge in [0.25, 0.3) is 0 Å². The number of halogens is 3. The molecule has 0 heterocycles. The van der Waals surface area contributed by atoms with Crippen LogP contribution in [0.1, 0.15) is 20.3 Å². The molecule has 0 radical (unpaired) electrons. The molecule has 0 nitrogen and oxygen atoms in total. The summed E-state index contributed by atoms with van der Waals surface area (Å²) >= 11 is 0. The molecular weight excluding hydrogens is 177 g/mol. The van der Waals surface area contributed by atoms with E-state index >= 15 is 0 Å². The minimum atomic E-state index is -4.11. The Morgan fingerprint density at radius 1 is 1.38 bits per heavy atom.